The monoisotopic (exact) mass is 572 g/mol. The Morgan fingerprint density at radius 3 is 2.08 bits per heavy atom. The van der Waals surface area contributed by atoms with Crippen LogP contribution < -0.4 is 11.1 Å². The predicted molar refractivity (Wildman–Crippen MR) is 153 cm³/mol. The summed E-state index contributed by atoms with van der Waals surface area (Å²) in [4.78, 5) is 26.2. The Hall–Kier alpha value is -1.19. The number of fused-ring (bicyclic) bond motifs is 1. The number of hydrogen-bond donors (Lipinski definition) is 2. The Morgan fingerprint density at radius 1 is 1.06 bits per heavy atom. The Bertz CT molecular complexity index is 1130. The van der Waals surface area contributed by atoms with Crippen LogP contribution in [-0.2, 0) is 13.6 Å². The predicted octanol–water partition coefficient (Wildman–Crippen LogP) is 5.20. The molecule has 36 heavy (non-hydrogen) atoms. The average Bonchev–Trinajstić information content (AvgIpc) is 3.27. The maximum absolute atomic E-state index is 13.2. The van der Waals surface area contributed by atoms with Gasteiger partial charge in [0.1, 0.15) is 22.2 Å². The molecule has 4 atom stereocenters. The summed E-state index contributed by atoms with van der Waals surface area (Å²) in [5, 5.41) is 2.00. The number of aromatic nitrogens is 4. The fourth-order valence-electron chi connectivity index (χ4n) is 3.60. The van der Waals surface area contributed by atoms with Gasteiger partial charge < -0.3 is 19.9 Å². The number of hydrogen-bond acceptors (Lipinski definition) is 8. The van der Waals surface area contributed by atoms with Crippen molar-refractivity contribution in [2.75, 3.05) is 12.8 Å². The average molecular weight is 573 g/mol. The van der Waals surface area contributed by atoms with Crippen LogP contribution >= 0.6 is 23.4 Å². The number of halogens is 1. The van der Waals surface area contributed by atoms with Crippen LogP contribution in [0.25, 0.3) is 11.2 Å². The van der Waals surface area contributed by atoms with Crippen molar-refractivity contribution in [2.45, 2.75) is 101 Å². The molecule has 0 spiro atoms. The summed E-state index contributed by atoms with van der Waals surface area (Å²) < 4.78 is 16.0. The molecule has 202 valence electrons. The minimum atomic E-state index is -2.28. The first-order chi connectivity index (χ1) is 16.3. The Labute approximate surface area is 225 Å². The third-order valence-corrected chi connectivity index (χ3v) is 18.5. The molecule has 3 N–H and O–H groups in total. The van der Waals surface area contributed by atoms with Gasteiger partial charge in [-0.25, -0.2) is 4.98 Å². The van der Waals surface area contributed by atoms with Gasteiger partial charge in [-0.05, 0) is 47.9 Å². The van der Waals surface area contributed by atoms with Crippen molar-refractivity contribution in [3.8, 4) is 0 Å². The van der Waals surface area contributed by atoms with E-state index >= 15 is 0 Å². The zero-order valence-electron chi connectivity index (χ0n) is 23.3. The molecule has 1 fully saturated rings. The second-order valence-corrected chi connectivity index (χ2v) is 23.6. The molecule has 0 saturated carbocycles. The van der Waals surface area contributed by atoms with Crippen molar-refractivity contribution in [1.29, 1.82) is 0 Å². The van der Waals surface area contributed by atoms with Crippen LogP contribution in [0, 0.1) is 0 Å². The topological polar surface area (TPSA) is 117 Å². The fourth-order valence-corrected chi connectivity index (χ4v) is 8.13. The molecule has 1 saturated heterocycles. The van der Waals surface area contributed by atoms with Crippen molar-refractivity contribution in [2.24, 2.45) is 0 Å². The Kier molecular flexibility index (Phi) is 8.03. The molecule has 3 rings (SSSR count). The number of imidazole rings is 1. The molecular weight excluding hydrogens is 532 g/mol. The summed E-state index contributed by atoms with van der Waals surface area (Å²) in [6.45, 7) is 22.0. The molecular formula is C23H41ClN6O3SSi2. The lowest BCUT2D eigenvalue weighted by atomic mass is 10.1. The van der Waals surface area contributed by atoms with Crippen LogP contribution in [0.5, 0.6) is 0 Å². The van der Waals surface area contributed by atoms with E-state index in [0.717, 1.165) is 0 Å². The maximum atomic E-state index is 13.2. The van der Waals surface area contributed by atoms with Gasteiger partial charge in [-0.2, -0.15) is 9.97 Å². The molecule has 0 radical (unpaired) electrons. The lowest BCUT2D eigenvalue weighted by Crippen LogP contribution is -2.55. The molecule has 1 amide bonds. The third kappa shape index (κ3) is 5.48. The summed E-state index contributed by atoms with van der Waals surface area (Å²) in [6.07, 6.45) is 0.808. The number of nitrogens with one attached hydrogen (secondary N) is 1. The van der Waals surface area contributed by atoms with Crippen molar-refractivity contribution in [1.82, 2.24) is 24.8 Å². The molecule has 2 aromatic rings. The first-order valence-electron chi connectivity index (χ1n) is 12.2. The van der Waals surface area contributed by atoms with Crippen LogP contribution in [0.4, 0.5) is 5.82 Å². The van der Waals surface area contributed by atoms with E-state index in [1.54, 1.807) is 13.4 Å². The number of rotatable bonds is 6. The summed E-state index contributed by atoms with van der Waals surface area (Å²) >= 11 is 7.68. The van der Waals surface area contributed by atoms with E-state index in [2.05, 4.69) is 88.0 Å². The smallest absolute Gasteiger partial charge is 0.235 e. The number of nitrogens with zero attached hydrogens (tertiary/aromatic N) is 4. The van der Waals surface area contributed by atoms with E-state index in [1.807, 2.05) is 4.57 Å². The Morgan fingerprint density at radius 2 is 1.58 bits per heavy atom. The van der Waals surface area contributed by atoms with Gasteiger partial charge in [0.25, 0.3) is 0 Å². The molecule has 0 unspecified atom stereocenters. The molecule has 1 aliphatic heterocycles. The van der Waals surface area contributed by atoms with Crippen molar-refractivity contribution in [3.63, 3.8) is 0 Å². The standard InChI is InChI=1S/C23H41ClN6O3SSi2/c1-22(2,3)35(8,9)32-14-15(33-36(10,11)23(4,5)6)20(34-16(14)19(31)26-7)30-12-27-13-17(25)28-21(24)29-18(13)30/h12,14-16,20H,1-11H3,(H,26,31)(H2,25,28,29)/t14-,15+,16-,20+/m0/s1. The minimum absolute atomic E-state index is 0.0399. The lowest BCUT2D eigenvalue weighted by molar-refractivity contribution is -0.122. The second kappa shape index (κ2) is 9.84. The molecule has 0 aliphatic carbocycles. The maximum Gasteiger partial charge on any atom is 0.235 e. The van der Waals surface area contributed by atoms with Gasteiger partial charge in [0.2, 0.25) is 11.2 Å². The first-order valence-corrected chi connectivity index (χ1v) is 19.3. The van der Waals surface area contributed by atoms with E-state index in [1.165, 1.54) is 11.8 Å². The van der Waals surface area contributed by atoms with E-state index < -0.39 is 34.1 Å². The quantitative estimate of drug-likeness (QED) is 0.358. The summed E-state index contributed by atoms with van der Waals surface area (Å²) in [5.41, 5.74) is 7.07. The van der Waals surface area contributed by atoms with Gasteiger partial charge in [0.15, 0.2) is 28.1 Å². The second-order valence-electron chi connectivity index (χ2n) is 12.4. The van der Waals surface area contributed by atoms with Crippen LogP contribution in [0.15, 0.2) is 6.33 Å². The Balaban J connectivity index is 2.20. The molecule has 13 heteroatoms. The van der Waals surface area contributed by atoms with Gasteiger partial charge in [-0.15, -0.1) is 11.8 Å². The lowest BCUT2D eigenvalue weighted by Gasteiger charge is -2.44. The van der Waals surface area contributed by atoms with Crippen molar-refractivity contribution < 1.29 is 13.6 Å². The highest BCUT2D eigenvalue weighted by molar-refractivity contribution is 8.01. The highest BCUT2D eigenvalue weighted by Crippen LogP contribution is 2.51. The normalized spacial score (nSPS) is 23.9. The number of carbonyl (C=O) groups excluding carboxylic acids is 1. The van der Waals surface area contributed by atoms with Gasteiger partial charge in [0.05, 0.1) is 12.4 Å². The van der Waals surface area contributed by atoms with Crippen molar-refractivity contribution in [3.05, 3.63) is 11.6 Å². The number of anilines is 1. The molecule has 1 aliphatic rings. The summed E-state index contributed by atoms with van der Waals surface area (Å²) in [7, 11) is -2.89. The molecule has 0 bridgehead atoms. The first kappa shape index (κ1) is 29.4. The van der Waals surface area contributed by atoms with Crippen molar-refractivity contribution >= 4 is 62.9 Å². The molecule has 0 aromatic carbocycles. The summed E-state index contributed by atoms with van der Waals surface area (Å²) in [5.74, 6) is 0.122. The third-order valence-electron chi connectivity index (χ3n) is 7.86. The van der Waals surface area contributed by atoms with Crippen LogP contribution in [0.1, 0.15) is 46.9 Å². The van der Waals surface area contributed by atoms with E-state index in [9.17, 15) is 4.79 Å². The highest BCUT2D eigenvalue weighted by atomic mass is 35.5. The molecule has 9 nitrogen and oxygen atoms in total. The number of thioether (sulfide) groups is 1. The summed E-state index contributed by atoms with van der Waals surface area (Å²) in [6, 6.07) is 0. The zero-order valence-corrected chi connectivity index (χ0v) is 26.8. The highest BCUT2D eigenvalue weighted by Gasteiger charge is 2.55. The van der Waals surface area contributed by atoms with Gasteiger partial charge >= 0.3 is 0 Å². The van der Waals surface area contributed by atoms with Crippen LogP contribution in [-0.4, -0.2) is 66.6 Å². The van der Waals surface area contributed by atoms with E-state index in [4.69, 9.17) is 26.2 Å². The number of carbonyl (C=O) groups is 1. The number of nitrogen functional groups attached to an aromatic ring is 1. The molecule has 2 aromatic heterocycles. The number of amides is 1. The fraction of sp³-hybridized carbons (Fsp3) is 0.739. The van der Waals surface area contributed by atoms with Gasteiger partial charge in [-0.1, -0.05) is 41.5 Å². The SMILES string of the molecule is CNC(=O)[C@H]1S[C@@H](n2cnc3c(N)nc(Cl)nc32)[C@H](O[Si](C)(C)C(C)(C)C)[C@@H]1O[Si](C)(C)C(C)(C)C. The van der Waals surface area contributed by atoms with E-state index in [0.29, 0.717) is 11.2 Å². The van der Waals surface area contributed by atoms with Gasteiger partial charge in [-0.3, -0.25) is 9.36 Å². The minimum Gasteiger partial charge on any atom is -0.410 e. The van der Waals surface area contributed by atoms with Crippen LogP contribution in [0.3, 0.4) is 0 Å². The number of nitrogens with two attached hydrogens (primary N) is 1. The van der Waals surface area contributed by atoms with Gasteiger partial charge in [0, 0.05) is 7.05 Å². The van der Waals surface area contributed by atoms with Crippen LogP contribution in [0.2, 0.25) is 41.5 Å². The largest absolute Gasteiger partial charge is 0.410 e. The zero-order chi connectivity index (χ0) is 27.4. The molecule has 3 heterocycles. The van der Waals surface area contributed by atoms with E-state index in [-0.39, 0.29) is 32.5 Å².